The van der Waals surface area contributed by atoms with Crippen molar-refractivity contribution in [1.82, 2.24) is 4.58 Å². The Balaban J connectivity index is 2.61. The van der Waals surface area contributed by atoms with Crippen LogP contribution in [0.15, 0.2) is 66.7 Å². The third-order valence-corrected chi connectivity index (χ3v) is 2.40. The monoisotopic (exact) mass is 196 g/mol. The SMILES string of the molecule is C[N+](c1ccccc1)=c1cccccc1. The Kier molecular flexibility index (Phi) is 2.93. The van der Waals surface area contributed by atoms with E-state index in [9.17, 15) is 0 Å². The molecule has 0 aliphatic rings. The zero-order chi connectivity index (χ0) is 10.5. The van der Waals surface area contributed by atoms with E-state index < -0.39 is 0 Å². The minimum Gasteiger partial charge on any atom is -0.195 e. The number of benzene rings is 1. The van der Waals surface area contributed by atoms with Gasteiger partial charge in [-0.3, -0.25) is 0 Å². The van der Waals surface area contributed by atoms with Gasteiger partial charge in [-0.2, -0.15) is 4.58 Å². The Morgan fingerprint density at radius 1 is 0.667 bits per heavy atom. The molecule has 0 saturated heterocycles. The van der Waals surface area contributed by atoms with Crippen molar-refractivity contribution in [2.75, 3.05) is 7.05 Å². The van der Waals surface area contributed by atoms with Crippen LogP contribution in [0.4, 0.5) is 5.69 Å². The molecule has 0 bridgehead atoms. The van der Waals surface area contributed by atoms with Gasteiger partial charge in [-0.25, -0.2) is 0 Å². The minimum atomic E-state index is 1.19. The third-order valence-electron chi connectivity index (χ3n) is 2.40. The van der Waals surface area contributed by atoms with E-state index in [1.807, 2.05) is 18.2 Å². The molecule has 15 heavy (non-hydrogen) atoms. The third kappa shape index (κ3) is 2.32. The Labute approximate surface area is 90.0 Å². The Morgan fingerprint density at radius 2 is 1.13 bits per heavy atom. The van der Waals surface area contributed by atoms with E-state index in [-0.39, 0.29) is 0 Å². The Morgan fingerprint density at radius 3 is 1.73 bits per heavy atom. The summed E-state index contributed by atoms with van der Waals surface area (Å²) in [4.78, 5) is 0. The molecule has 0 spiro atoms. The molecule has 1 heteroatoms. The van der Waals surface area contributed by atoms with Gasteiger partial charge in [0.15, 0.2) is 0 Å². The quantitative estimate of drug-likeness (QED) is 0.616. The molecule has 0 fully saturated rings. The number of rotatable bonds is 1. The second-order valence-electron chi connectivity index (χ2n) is 3.42. The smallest absolute Gasteiger partial charge is 0.195 e. The van der Waals surface area contributed by atoms with Crippen molar-refractivity contribution in [2.24, 2.45) is 0 Å². The normalized spacial score (nSPS) is 9.67. The van der Waals surface area contributed by atoms with Gasteiger partial charge < -0.3 is 0 Å². The molecule has 0 aliphatic heterocycles. The van der Waals surface area contributed by atoms with Crippen LogP contribution in [0, 0.1) is 0 Å². The van der Waals surface area contributed by atoms with Crippen LogP contribution in [0.2, 0.25) is 0 Å². The van der Waals surface area contributed by atoms with E-state index in [1.54, 1.807) is 0 Å². The zero-order valence-corrected chi connectivity index (χ0v) is 8.80. The highest BCUT2D eigenvalue weighted by Gasteiger charge is 2.00. The number of nitrogens with zero attached hydrogens (tertiary/aromatic N) is 1. The maximum Gasteiger partial charge on any atom is 0.205 e. The zero-order valence-electron chi connectivity index (χ0n) is 8.80. The van der Waals surface area contributed by atoms with Crippen molar-refractivity contribution >= 4 is 5.69 Å². The molecule has 0 heterocycles. The molecule has 1 nitrogen and oxygen atoms in total. The lowest BCUT2D eigenvalue weighted by Crippen LogP contribution is -2.19. The molecule has 2 aromatic rings. The lowest BCUT2D eigenvalue weighted by Gasteiger charge is -1.93. The fraction of sp³-hybridized carbons (Fsp3) is 0.0714. The lowest BCUT2D eigenvalue weighted by atomic mass is 10.3. The molecule has 74 valence electrons. The van der Waals surface area contributed by atoms with Crippen LogP contribution < -0.4 is 9.93 Å². The van der Waals surface area contributed by atoms with Crippen LogP contribution >= 0.6 is 0 Å². The first-order chi connectivity index (χ1) is 7.38. The van der Waals surface area contributed by atoms with E-state index in [1.165, 1.54) is 11.0 Å². The van der Waals surface area contributed by atoms with Crippen LogP contribution in [0.25, 0.3) is 0 Å². The van der Waals surface area contributed by atoms with Crippen LogP contribution in [0.5, 0.6) is 0 Å². The summed E-state index contributed by atoms with van der Waals surface area (Å²) in [6.07, 6.45) is 0. The van der Waals surface area contributed by atoms with E-state index in [2.05, 4.69) is 60.2 Å². The van der Waals surface area contributed by atoms with Gasteiger partial charge in [-0.1, -0.05) is 42.5 Å². The van der Waals surface area contributed by atoms with E-state index in [4.69, 9.17) is 0 Å². The summed E-state index contributed by atoms with van der Waals surface area (Å²) >= 11 is 0. The van der Waals surface area contributed by atoms with Crippen molar-refractivity contribution in [3.05, 3.63) is 72.1 Å². The highest BCUT2D eigenvalue weighted by Crippen LogP contribution is 2.04. The molecular formula is C14H14N+. The van der Waals surface area contributed by atoms with Gasteiger partial charge in [0.1, 0.15) is 7.05 Å². The summed E-state index contributed by atoms with van der Waals surface area (Å²) in [5.41, 5.74) is 1.20. The molecular weight excluding hydrogens is 182 g/mol. The van der Waals surface area contributed by atoms with Gasteiger partial charge in [0.05, 0.1) is 0 Å². The molecule has 2 rings (SSSR count). The van der Waals surface area contributed by atoms with Crippen LogP contribution in [-0.4, -0.2) is 7.05 Å². The molecule has 0 unspecified atom stereocenters. The first-order valence-corrected chi connectivity index (χ1v) is 5.05. The summed E-state index contributed by atoms with van der Waals surface area (Å²) in [6.45, 7) is 0. The minimum absolute atomic E-state index is 1.19. The van der Waals surface area contributed by atoms with Gasteiger partial charge >= 0.3 is 0 Å². The molecule has 2 aromatic carbocycles. The number of para-hydroxylation sites is 1. The summed E-state index contributed by atoms with van der Waals surface area (Å²) in [7, 11) is 2.07. The maximum atomic E-state index is 2.17. The van der Waals surface area contributed by atoms with Crippen molar-refractivity contribution < 1.29 is 0 Å². The maximum absolute atomic E-state index is 2.17. The fourth-order valence-electron chi connectivity index (χ4n) is 1.52. The van der Waals surface area contributed by atoms with Crippen molar-refractivity contribution in [3.8, 4) is 0 Å². The van der Waals surface area contributed by atoms with Gasteiger partial charge in [0, 0.05) is 24.3 Å². The Bertz CT molecular complexity index is 479. The highest BCUT2D eigenvalue weighted by molar-refractivity contribution is 5.36. The number of hydrogen-bond donors (Lipinski definition) is 0. The molecule has 0 aliphatic carbocycles. The van der Waals surface area contributed by atoms with E-state index in [0.29, 0.717) is 0 Å². The predicted octanol–water partition coefficient (Wildman–Crippen LogP) is 2.42. The first kappa shape index (κ1) is 9.66. The number of hydrogen-bond acceptors (Lipinski definition) is 0. The summed E-state index contributed by atoms with van der Waals surface area (Å²) in [5, 5.41) is 1.19. The fourth-order valence-corrected chi connectivity index (χ4v) is 1.52. The van der Waals surface area contributed by atoms with Gasteiger partial charge in [-0.05, 0) is 0 Å². The molecule has 0 radical (unpaired) electrons. The average molecular weight is 196 g/mol. The lowest BCUT2D eigenvalue weighted by molar-refractivity contribution is 0.895. The summed E-state index contributed by atoms with van der Waals surface area (Å²) in [5.74, 6) is 0. The molecule has 0 atom stereocenters. The second kappa shape index (κ2) is 4.56. The van der Waals surface area contributed by atoms with E-state index in [0.717, 1.165) is 0 Å². The summed E-state index contributed by atoms with van der Waals surface area (Å²) < 4.78 is 2.17. The second-order valence-corrected chi connectivity index (χ2v) is 3.42. The average Bonchev–Trinajstić information content (AvgIpc) is 2.58. The van der Waals surface area contributed by atoms with Crippen LogP contribution in [0.3, 0.4) is 0 Å². The standard InChI is InChI=1S/C14H14N/c1-15(14-11-7-4-8-12-14)13-9-5-2-3-6-10-13/h2-12H,1H3/q+1. The highest BCUT2D eigenvalue weighted by atomic mass is 15.0. The topological polar surface area (TPSA) is 3.01 Å². The molecule has 0 saturated carbocycles. The largest absolute Gasteiger partial charge is 0.205 e. The van der Waals surface area contributed by atoms with Gasteiger partial charge in [0.25, 0.3) is 0 Å². The predicted molar refractivity (Wildman–Crippen MR) is 63.7 cm³/mol. The van der Waals surface area contributed by atoms with Gasteiger partial charge in [0.2, 0.25) is 11.0 Å². The van der Waals surface area contributed by atoms with Crippen LogP contribution in [-0.2, 0) is 0 Å². The van der Waals surface area contributed by atoms with Crippen molar-refractivity contribution in [3.63, 3.8) is 0 Å². The molecule has 0 aromatic heterocycles. The van der Waals surface area contributed by atoms with Gasteiger partial charge in [-0.15, -0.1) is 0 Å². The molecule has 0 amide bonds. The van der Waals surface area contributed by atoms with Crippen LogP contribution in [0.1, 0.15) is 0 Å². The summed E-state index contributed by atoms with van der Waals surface area (Å²) in [6, 6.07) is 22.7. The van der Waals surface area contributed by atoms with Crippen molar-refractivity contribution in [1.29, 1.82) is 0 Å². The molecule has 0 N–H and O–H groups in total. The Hall–Kier alpha value is -1.89. The van der Waals surface area contributed by atoms with E-state index >= 15 is 0 Å². The van der Waals surface area contributed by atoms with Crippen molar-refractivity contribution in [2.45, 2.75) is 0 Å². The first-order valence-electron chi connectivity index (χ1n) is 5.05.